The lowest BCUT2D eigenvalue weighted by atomic mass is 9.80. The summed E-state index contributed by atoms with van der Waals surface area (Å²) >= 11 is 0. The van der Waals surface area contributed by atoms with Crippen molar-refractivity contribution >= 4 is 6.08 Å². The SMILES string of the molecule is C=Cc1cccc(C(CN2CCN(C)CC2)C2CCCCCC2)c1. The van der Waals surface area contributed by atoms with Gasteiger partial charge in [0, 0.05) is 32.7 Å². The Morgan fingerprint density at radius 1 is 1.08 bits per heavy atom. The molecule has 1 aromatic carbocycles. The van der Waals surface area contributed by atoms with Crippen LogP contribution >= 0.6 is 0 Å². The van der Waals surface area contributed by atoms with Crippen molar-refractivity contribution < 1.29 is 0 Å². The number of rotatable bonds is 5. The van der Waals surface area contributed by atoms with Gasteiger partial charge in [0.25, 0.3) is 0 Å². The number of hydrogen-bond acceptors (Lipinski definition) is 2. The third-order valence-corrected chi connectivity index (χ3v) is 6.09. The molecule has 1 aromatic rings. The Morgan fingerprint density at radius 2 is 1.79 bits per heavy atom. The Bertz CT molecular complexity index is 508. The van der Waals surface area contributed by atoms with E-state index in [2.05, 4.69) is 47.7 Å². The molecule has 1 atom stereocenters. The van der Waals surface area contributed by atoms with Crippen LogP contribution in [0, 0.1) is 5.92 Å². The molecule has 1 aliphatic carbocycles. The second-order valence-electron chi connectivity index (χ2n) is 7.84. The molecule has 1 saturated heterocycles. The van der Waals surface area contributed by atoms with Gasteiger partial charge in [0.2, 0.25) is 0 Å². The average molecular weight is 327 g/mol. The maximum atomic E-state index is 3.97. The normalized spacial score (nSPS) is 22.9. The van der Waals surface area contributed by atoms with Gasteiger partial charge in [0.15, 0.2) is 0 Å². The lowest BCUT2D eigenvalue weighted by Crippen LogP contribution is -2.46. The van der Waals surface area contributed by atoms with E-state index in [1.54, 1.807) is 5.56 Å². The number of likely N-dealkylation sites (N-methyl/N-ethyl adjacent to an activating group) is 1. The molecule has 132 valence electrons. The quantitative estimate of drug-likeness (QED) is 0.728. The van der Waals surface area contributed by atoms with Crippen molar-refractivity contribution in [2.45, 2.75) is 44.4 Å². The van der Waals surface area contributed by atoms with E-state index in [0.29, 0.717) is 5.92 Å². The first-order valence-corrected chi connectivity index (χ1v) is 9.89. The van der Waals surface area contributed by atoms with Crippen molar-refractivity contribution in [2.24, 2.45) is 5.92 Å². The first kappa shape index (κ1) is 17.7. The Hall–Kier alpha value is -1.12. The van der Waals surface area contributed by atoms with Gasteiger partial charge in [-0.2, -0.15) is 0 Å². The van der Waals surface area contributed by atoms with E-state index in [1.807, 2.05) is 6.08 Å². The molecule has 0 spiro atoms. The van der Waals surface area contributed by atoms with Crippen molar-refractivity contribution in [3.63, 3.8) is 0 Å². The first-order valence-electron chi connectivity index (χ1n) is 9.89. The molecule has 3 rings (SSSR count). The smallest absolute Gasteiger partial charge is 0.0110 e. The Kier molecular flexibility index (Phi) is 6.51. The summed E-state index contributed by atoms with van der Waals surface area (Å²) < 4.78 is 0. The van der Waals surface area contributed by atoms with Crippen LogP contribution in [0.25, 0.3) is 6.08 Å². The van der Waals surface area contributed by atoms with Crippen molar-refractivity contribution in [1.29, 1.82) is 0 Å². The van der Waals surface area contributed by atoms with Crippen LogP contribution in [0.1, 0.15) is 55.6 Å². The summed E-state index contributed by atoms with van der Waals surface area (Å²) in [7, 11) is 2.24. The van der Waals surface area contributed by atoms with Crippen LogP contribution in [0.5, 0.6) is 0 Å². The summed E-state index contributed by atoms with van der Waals surface area (Å²) in [4.78, 5) is 5.16. The molecular weight excluding hydrogens is 292 g/mol. The summed E-state index contributed by atoms with van der Waals surface area (Å²) in [5.41, 5.74) is 2.81. The summed E-state index contributed by atoms with van der Waals surface area (Å²) in [6.07, 6.45) is 10.5. The molecule has 1 unspecified atom stereocenters. The van der Waals surface area contributed by atoms with Crippen LogP contribution in [0.3, 0.4) is 0 Å². The van der Waals surface area contributed by atoms with E-state index in [4.69, 9.17) is 0 Å². The highest BCUT2D eigenvalue weighted by Crippen LogP contribution is 2.36. The largest absolute Gasteiger partial charge is 0.304 e. The highest BCUT2D eigenvalue weighted by atomic mass is 15.2. The molecule has 2 nitrogen and oxygen atoms in total. The minimum Gasteiger partial charge on any atom is -0.304 e. The highest BCUT2D eigenvalue weighted by molar-refractivity contribution is 5.48. The van der Waals surface area contributed by atoms with E-state index in [1.165, 1.54) is 76.8 Å². The second-order valence-corrected chi connectivity index (χ2v) is 7.84. The molecule has 1 saturated carbocycles. The van der Waals surface area contributed by atoms with Crippen LogP contribution in [-0.2, 0) is 0 Å². The van der Waals surface area contributed by atoms with Crippen molar-refractivity contribution in [3.8, 4) is 0 Å². The topological polar surface area (TPSA) is 6.48 Å². The van der Waals surface area contributed by atoms with Gasteiger partial charge in [-0.1, -0.05) is 62.6 Å². The fraction of sp³-hybridized carbons (Fsp3) is 0.636. The van der Waals surface area contributed by atoms with Gasteiger partial charge in [-0.3, -0.25) is 0 Å². The molecule has 24 heavy (non-hydrogen) atoms. The molecule has 2 heteroatoms. The summed E-state index contributed by atoms with van der Waals surface area (Å²) in [5.74, 6) is 1.54. The summed E-state index contributed by atoms with van der Waals surface area (Å²) in [5, 5.41) is 0. The minimum absolute atomic E-state index is 0.686. The average Bonchev–Trinajstić information content (AvgIpc) is 2.90. The van der Waals surface area contributed by atoms with Gasteiger partial charge in [-0.05, 0) is 42.9 Å². The molecule has 0 bridgehead atoms. The van der Waals surface area contributed by atoms with Crippen LogP contribution in [0.4, 0.5) is 0 Å². The van der Waals surface area contributed by atoms with E-state index in [0.717, 1.165) is 5.92 Å². The van der Waals surface area contributed by atoms with Gasteiger partial charge >= 0.3 is 0 Å². The minimum atomic E-state index is 0.686. The monoisotopic (exact) mass is 326 g/mol. The fourth-order valence-corrected chi connectivity index (χ4v) is 4.47. The molecule has 0 radical (unpaired) electrons. The molecule has 0 N–H and O–H groups in total. The first-order chi connectivity index (χ1) is 11.8. The van der Waals surface area contributed by atoms with Crippen molar-refractivity contribution in [2.75, 3.05) is 39.8 Å². The molecular formula is C22H34N2. The summed E-state index contributed by atoms with van der Waals surface area (Å²) in [6, 6.07) is 9.15. The van der Waals surface area contributed by atoms with E-state index in [-0.39, 0.29) is 0 Å². The lowest BCUT2D eigenvalue weighted by molar-refractivity contribution is 0.135. The third kappa shape index (κ3) is 4.70. The van der Waals surface area contributed by atoms with Crippen LogP contribution < -0.4 is 0 Å². The van der Waals surface area contributed by atoms with Gasteiger partial charge in [0.1, 0.15) is 0 Å². The van der Waals surface area contributed by atoms with Crippen LogP contribution in [0.15, 0.2) is 30.8 Å². The number of piperazine rings is 1. The Morgan fingerprint density at radius 3 is 2.46 bits per heavy atom. The Balaban J connectivity index is 1.77. The molecule has 2 fully saturated rings. The zero-order chi connectivity index (χ0) is 16.8. The Labute approximate surface area is 148 Å². The van der Waals surface area contributed by atoms with Crippen molar-refractivity contribution in [3.05, 3.63) is 42.0 Å². The molecule has 0 amide bonds. The van der Waals surface area contributed by atoms with Gasteiger partial charge in [-0.25, -0.2) is 0 Å². The van der Waals surface area contributed by atoms with Gasteiger partial charge < -0.3 is 9.80 Å². The predicted octanol–water partition coefficient (Wildman–Crippen LogP) is 4.63. The molecule has 1 heterocycles. The van der Waals surface area contributed by atoms with E-state index >= 15 is 0 Å². The number of benzene rings is 1. The zero-order valence-electron chi connectivity index (χ0n) is 15.4. The third-order valence-electron chi connectivity index (χ3n) is 6.09. The molecule has 2 aliphatic rings. The lowest BCUT2D eigenvalue weighted by Gasteiger charge is -2.37. The van der Waals surface area contributed by atoms with Crippen LogP contribution in [-0.4, -0.2) is 49.6 Å². The molecule has 1 aliphatic heterocycles. The van der Waals surface area contributed by atoms with Crippen LogP contribution in [0.2, 0.25) is 0 Å². The van der Waals surface area contributed by atoms with Gasteiger partial charge in [-0.15, -0.1) is 0 Å². The zero-order valence-corrected chi connectivity index (χ0v) is 15.4. The number of hydrogen-bond donors (Lipinski definition) is 0. The van der Waals surface area contributed by atoms with E-state index < -0.39 is 0 Å². The summed E-state index contributed by atoms with van der Waals surface area (Å²) in [6.45, 7) is 10.1. The fourth-order valence-electron chi connectivity index (χ4n) is 4.47. The standard InChI is InChI=1S/C22H34N2/c1-3-19-9-8-12-21(17-19)22(20-10-6-4-5-7-11-20)18-24-15-13-23(2)14-16-24/h3,8-9,12,17,20,22H,1,4-7,10-11,13-16,18H2,2H3. The van der Waals surface area contributed by atoms with Gasteiger partial charge in [0.05, 0.1) is 0 Å². The predicted molar refractivity (Wildman–Crippen MR) is 104 cm³/mol. The second kappa shape index (κ2) is 8.82. The maximum absolute atomic E-state index is 3.97. The van der Waals surface area contributed by atoms with E-state index in [9.17, 15) is 0 Å². The highest BCUT2D eigenvalue weighted by Gasteiger charge is 2.27. The van der Waals surface area contributed by atoms with Crippen molar-refractivity contribution in [1.82, 2.24) is 9.80 Å². The number of nitrogens with zero attached hydrogens (tertiary/aromatic N) is 2. The molecule has 0 aromatic heterocycles. The maximum Gasteiger partial charge on any atom is 0.0110 e.